The number of likely N-dealkylation sites (N-methyl/N-ethyl adjacent to an activating group) is 1. The summed E-state index contributed by atoms with van der Waals surface area (Å²) < 4.78 is 5.17. The van der Waals surface area contributed by atoms with Crippen molar-refractivity contribution in [3.8, 4) is 5.75 Å². The van der Waals surface area contributed by atoms with Gasteiger partial charge in [0.25, 0.3) is 0 Å². The van der Waals surface area contributed by atoms with Crippen molar-refractivity contribution in [1.82, 2.24) is 4.90 Å². The molecule has 0 aliphatic heterocycles. The number of carbonyl (C=O) groups excluding carboxylic acids is 1. The number of benzene rings is 1. The molecule has 0 aromatic heterocycles. The fourth-order valence-corrected chi connectivity index (χ4v) is 1.80. The van der Waals surface area contributed by atoms with Crippen LogP contribution in [-0.4, -0.2) is 49.3 Å². The highest BCUT2D eigenvalue weighted by Gasteiger charge is 2.09. The van der Waals surface area contributed by atoms with Crippen LogP contribution in [0, 0.1) is 0 Å². The maximum atomic E-state index is 11.8. The van der Waals surface area contributed by atoms with E-state index in [2.05, 4.69) is 5.32 Å². The smallest absolute Gasteiger partial charge is 0.225 e. The molecule has 1 atom stereocenters. The zero-order valence-electron chi connectivity index (χ0n) is 11.7. The van der Waals surface area contributed by atoms with Crippen molar-refractivity contribution in [3.63, 3.8) is 0 Å². The normalized spacial score (nSPS) is 12.3. The van der Waals surface area contributed by atoms with Crippen molar-refractivity contribution in [3.05, 3.63) is 24.3 Å². The molecule has 0 saturated heterocycles. The van der Waals surface area contributed by atoms with Gasteiger partial charge in [0.15, 0.2) is 0 Å². The number of aliphatic hydroxyl groups is 1. The molecule has 0 bridgehead atoms. The largest absolute Gasteiger partial charge is 0.495 e. The van der Waals surface area contributed by atoms with Crippen LogP contribution in [0.15, 0.2) is 24.3 Å². The van der Waals surface area contributed by atoms with Gasteiger partial charge in [-0.1, -0.05) is 12.1 Å². The summed E-state index contributed by atoms with van der Waals surface area (Å²) in [6.07, 6.45) is -0.0105. The molecule has 0 fully saturated rings. The van der Waals surface area contributed by atoms with Gasteiger partial charge in [-0.25, -0.2) is 0 Å². The first-order valence-corrected chi connectivity index (χ1v) is 6.32. The van der Waals surface area contributed by atoms with Crippen molar-refractivity contribution in [2.45, 2.75) is 19.4 Å². The Hall–Kier alpha value is -1.59. The summed E-state index contributed by atoms with van der Waals surface area (Å²) in [4.78, 5) is 13.7. The molecule has 1 unspecified atom stereocenters. The van der Waals surface area contributed by atoms with Crippen molar-refractivity contribution >= 4 is 11.6 Å². The fourth-order valence-electron chi connectivity index (χ4n) is 1.80. The number of aliphatic hydroxyl groups excluding tert-OH is 1. The van der Waals surface area contributed by atoms with E-state index < -0.39 is 0 Å². The molecule has 0 spiro atoms. The zero-order valence-corrected chi connectivity index (χ0v) is 11.7. The van der Waals surface area contributed by atoms with Crippen LogP contribution in [0.1, 0.15) is 13.3 Å². The van der Waals surface area contributed by atoms with Crippen LogP contribution in [0.4, 0.5) is 5.69 Å². The molecule has 0 aliphatic rings. The maximum Gasteiger partial charge on any atom is 0.225 e. The van der Waals surface area contributed by atoms with Crippen LogP contribution in [0.5, 0.6) is 5.75 Å². The van der Waals surface area contributed by atoms with Gasteiger partial charge < -0.3 is 20.1 Å². The zero-order chi connectivity index (χ0) is 14.3. The number of para-hydroxylation sites is 2. The highest BCUT2D eigenvalue weighted by molar-refractivity contribution is 5.92. The van der Waals surface area contributed by atoms with E-state index in [-0.39, 0.29) is 12.0 Å². The van der Waals surface area contributed by atoms with Crippen LogP contribution in [0.25, 0.3) is 0 Å². The second-order valence-corrected chi connectivity index (χ2v) is 4.61. The lowest BCUT2D eigenvalue weighted by Gasteiger charge is -2.18. The van der Waals surface area contributed by atoms with Crippen LogP contribution < -0.4 is 10.1 Å². The molecule has 0 aliphatic carbocycles. The molecule has 19 heavy (non-hydrogen) atoms. The average molecular weight is 266 g/mol. The summed E-state index contributed by atoms with van der Waals surface area (Å²) in [5.41, 5.74) is 0.674. The Morgan fingerprint density at radius 3 is 2.79 bits per heavy atom. The van der Waals surface area contributed by atoms with E-state index >= 15 is 0 Å². The minimum absolute atomic E-state index is 0.0676. The van der Waals surface area contributed by atoms with Gasteiger partial charge in [-0.05, 0) is 26.1 Å². The number of nitrogens with one attached hydrogen (secondary N) is 1. The number of carbonyl (C=O) groups is 1. The molecular formula is C14H22N2O3. The van der Waals surface area contributed by atoms with E-state index in [0.717, 1.165) is 0 Å². The quantitative estimate of drug-likeness (QED) is 0.781. The number of anilines is 1. The van der Waals surface area contributed by atoms with Crippen molar-refractivity contribution in [1.29, 1.82) is 0 Å². The fraction of sp³-hybridized carbons (Fsp3) is 0.500. The summed E-state index contributed by atoms with van der Waals surface area (Å²) in [5.74, 6) is 0.579. The lowest BCUT2D eigenvalue weighted by molar-refractivity contribution is -0.116. The van der Waals surface area contributed by atoms with Gasteiger partial charge in [-0.3, -0.25) is 4.79 Å². The SMILES string of the molecule is COc1ccccc1NC(=O)CCN(C)CC(C)O. The van der Waals surface area contributed by atoms with Crippen LogP contribution >= 0.6 is 0 Å². The summed E-state index contributed by atoms with van der Waals surface area (Å²) in [7, 11) is 3.45. The third-order valence-corrected chi connectivity index (χ3v) is 2.68. The van der Waals surface area contributed by atoms with Crippen molar-refractivity contribution in [2.24, 2.45) is 0 Å². The number of ether oxygens (including phenoxy) is 1. The molecule has 106 valence electrons. The summed E-state index contributed by atoms with van der Waals surface area (Å²) in [5, 5.41) is 12.0. The minimum Gasteiger partial charge on any atom is -0.495 e. The van der Waals surface area contributed by atoms with Gasteiger partial charge in [0, 0.05) is 19.5 Å². The van der Waals surface area contributed by atoms with Gasteiger partial charge in [0.05, 0.1) is 18.9 Å². The van der Waals surface area contributed by atoms with E-state index in [9.17, 15) is 9.90 Å². The van der Waals surface area contributed by atoms with E-state index in [1.54, 1.807) is 26.2 Å². The average Bonchev–Trinajstić information content (AvgIpc) is 2.36. The van der Waals surface area contributed by atoms with Gasteiger partial charge in [-0.15, -0.1) is 0 Å². The third-order valence-electron chi connectivity index (χ3n) is 2.68. The highest BCUT2D eigenvalue weighted by atomic mass is 16.5. The van der Waals surface area contributed by atoms with Crippen molar-refractivity contribution in [2.75, 3.05) is 32.6 Å². The van der Waals surface area contributed by atoms with Gasteiger partial charge >= 0.3 is 0 Å². The molecule has 0 saturated carbocycles. The van der Waals surface area contributed by atoms with E-state index in [1.807, 2.05) is 24.1 Å². The van der Waals surface area contributed by atoms with Gasteiger partial charge in [0.1, 0.15) is 5.75 Å². The Labute approximate surface area is 114 Å². The van der Waals surface area contributed by atoms with Crippen LogP contribution in [0.3, 0.4) is 0 Å². The molecule has 1 amide bonds. The number of methoxy groups -OCH3 is 1. The van der Waals surface area contributed by atoms with Gasteiger partial charge in [-0.2, -0.15) is 0 Å². The summed E-state index contributed by atoms with van der Waals surface area (Å²) in [6.45, 7) is 2.89. The number of amides is 1. The first kappa shape index (κ1) is 15.5. The molecule has 2 N–H and O–H groups in total. The predicted molar refractivity (Wildman–Crippen MR) is 75.4 cm³/mol. The molecular weight excluding hydrogens is 244 g/mol. The molecule has 1 aromatic rings. The Morgan fingerprint density at radius 2 is 2.16 bits per heavy atom. The Morgan fingerprint density at radius 1 is 1.47 bits per heavy atom. The highest BCUT2D eigenvalue weighted by Crippen LogP contribution is 2.22. The van der Waals surface area contributed by atoms with Gasteiger partial charge in [0.2, 0.25) is 5.91 Å². The molecule has 5 nitrogen and oxygen atoms in total. The second kappa shape index (κ2) is 7.76. The first-order chi connectivity index (χ1) is 9.02. The third kappa shape index (κ3) is 5.72. The maximum absolute atomic E-state index is 11.8. The molecule has 0 radical (unpaired) electrons. The topological polar surface area (TPSA) is 61.8 Å². The molecule has 1 rings (SSSR count). The number of hydrogen-bond acceptors (Lipinski definition) is 4. The first-order valence-electron chi connectivity index (χ1n) is 6.32. The Bertz CT molecular complexity index is 407. The summed E-state index contributed by atoms with van der Waals surface area (Å²) >= 11 is 0. The van der Waals surface area contributed by atoms with E-state index in [0.29, 0.717) is 30.9 Å². The van der Waals surface area contributed by atoms with E-state index in [1.165, 1.54) is 0 Å². The second-order valence-electron chi connectivity index (χ2n) is 4.61. The minimum atomic E-state index is -0.387. The summed E-state index contributed by atoms with van der Waals surface area (Å²) in [6, 6.07) is 7.30. The predicted octanol–water partition coefficient (Wildman–Crippen LogP) is 1.34. The molecule has 5 heteroatoms. The monoisotopic (exact) mass is 266 g/mol. The van der Waals surface area contributed by atoms with E-state index in [4.69, 9.17) is 4.74 Å². The number of hydrogen-bond donors (Lipinski definition) is 2. The lowest BCUT2D eigenvalue weighted by Crippen LogP contribution is -2.30. The molecule has 0 heterocycles. The van der Waals surface area contributed by atoms with Crippen LogP contribution in [-0.2, 0) is 4.79 Å². The standard InChI is InChI=1S/C14H22N2O3/c1-11(17)10-16(2)9-8-14(18)15-12-6-4-5-7-13(12)19-3/h4-7,11,17H,8-10H2,1-3H3,(H,15,18). The lowest BCUT2D eigenvalue weighted by atomic mass is 10.2. The van der Waals surface area contributed by atoms with Crippen LogP contribution in [0.2, 0.25) is 0 Å². The Balaban J connectivity index is 2.43. The molecule has 1 aromatic carbocycles. The Kier molecular flexibility index (Phi) is 6.32. The van der Waals surface area contributed by atoms with Crippen molar-refractivity contribution < 1.29 is 14.6 Å². The number of nitrogens with zero attached hydrogens (tertiary/aromatic N) is 1. The number of rotatable bonds is 7.